The van der Waals surface area contributed by atoms with Crippen molar-refractivity contribution in [1.82, 2.24) is 20.4 Å². The molecule has 0 saturated heterocycles. The lowest BCUT2D eigenvalue weighted by Gasteiger charge is -2.16. The maximum absolute atomic E-state index is 11.9. The van der Waals surface area contributed by atoms with Crippen LogP contribution in [0, 0.1) is 0 Å². The average molecular weight is 293 g/mol. The van der Waals surface area contributed by atoms with Crippen molar-refractivity contribution >= 4 is 16.5 Å². The molecule has 20 heavy (non-hydrogen) atoms. The van der Waals surface area contributed by atoms with Gasteiger partial charge in [0.1, 0.15) is 0 Å². The van der Waals surface area contributed by atoms with Crippen LogP contribution in [0.4, 0.5) is 5.13 Å². The number of hydrogen-bond acceptors (Lipinski definition) is 6. The molecule has 2 aromatic rings. The molecule has 0 aromatic carbocycles. The summed E-state index contributed by atoms with van der Waals surface area (Å²) in [6.07, 6.45) is 0. The molecule has 0 aliphatic heterocycles. The first kappa shape index (κ1) is 14.6. The van der Waals surface area contributed by atoms with E-state index in [2.05, 4.69) is 25.7 Å². The fourth-order valence-corrected chi connectivity index (χ4v) is 2.49. The third kappa shape index (κ3) is 3.22. The topological polar surface area (TPSA) is 83.6 Å². The Morgan fingerprint density at radius 2 is 2.00 bits per heavy atom. The van der Waals surface area contributed by atoms with Gasteiger partial charge in [0, 0.05) is 11.5 Å². The number of nitrogens with zero attached hydrogens (tertiary/aromatic N) is 3. The zero-order chi connectivity index (χ0) is 14.9. The molecule has 0 unspecified atom stereocenters. The Balaban J connectivity index is 2.42. The minimum Gasteiger partial charge on any atom is -0.358 e. The minimum atomic E-state index is -0.245. The lowest BCUT2D eigenvalue weighted by atomic mass is 9.91. The zero-order valence-corrected chi connectivity index (χ0v) is 13.1. The van der Waals surface area contributed by atoms with Gasteiger partial charge in [-0.05, 0) is 19.9 Å². The van der Waals surface area contributed by atoms with Crippen molar-refractivity contribution < 1.29 is 0 Å². The number of nitrogens with one attached hydrogen (secondary N) is 2. The van der Waals surface area contributed by atoms with Crippen molar-refractivity contribution in [3.63, 3.8) is 0 Å². The highest BCUT2D eigenvalue weighted by molar-refractivity contribution is 7.18. The summed E-state index contributed by atoms with van der Waals surface area (Å²) in [4.78, 5) is 11.9. The smallest absolute Gasteiger partial charge is 0.274 e. The van der Waals surface area contributed by atoms with E-state index in [1.165, 1.54) is 11.3 Å². The lowest BCUT2D eigenvalue weighted by molar-refractivity contribution is 0.557. The van der Waals surface area contributed by atoms with Gasteiger partial charge in [-0.2, -0.15) is 5.10 Å². The Hall–Kier alpha value is -1.76. The van der Waals surface area contributed by atoms with Crippen LogP contribution in [-0.2, 0) is 5.41 Å². The second-order valence-corrected chi connectivity index (χ2v) is 6.93. The van der Waals surface area contributed by atoms with Crippen molar-refractivity contribution in [2.45, 2.75) is 46.1 Å². The summed E-state index contributed by atoms with van der Waals surface area (Å²) in [7, 11) is 0. The molecule has 2 heterocycles. The van der Waals surface area contributed by atoms with Gasteiger partial charge in [0.2, 0.25) is 5.13 Å². The van der Waals surface area contributed by atoms with Gasteiger partial charge in [-0.15, -0.1) is 10.2 Å². The SMILES string of the molecule is CC(C)Nc1nnc(-c2cc(C(C)(C)C)n[nH]c2=O)s1. The van der Waals surface area contributed by atoms with Crippen LogP contribution in [-0.4, -0.2) is 26.4 Å². The van der Waals surface area contributed by atoms with E-state index in [4.69, 9.17) is 0 Å². The lowest BCUT2D eigenvalue weighted by Crippen LogP contribution is -2.20. The van der Waals surface area contributed by atoms with E-state index >= 15 is 0 Å². The molecule has 0 atom stereocenters. The van der Waals surface area contributed by atoms with Crippen molar-refractivity contribution in [2.75, 3.05) is 5.32 Å². The van der Waals surface area contributed by atoms with E-state index in [9.17, 15) is 4.79 Å². The van der Waals surface area contributed by atoms with Gasteiger partial charge in [-0.3, -0.25) is 4.79 Å². The summed E-state index contributed by atoms with van der Waals surface area (Å²) in [5.74, 6) is 0. The van der Waals surface area contributed by atoms with Gasteiger partial charge >= 0.3 is 0 Å². The van der Waals surface area contributed by atoms with Crippen LogP contribution in [0.2, 0.25) is 0 Å². The van der Waals surface area contributed by atoms with Crippen molar-refractivity contribution in [3.8, 4) is 10.6 Å². The van der Waals surface area contributed by atoms with Crippen LogP contribution in [0.15, 0.2) is 10.9 Å². The minimum absolute atomic E-state index is 0.136. The quantitative estimate of drug-likeness (QED) is 0.908. The van der Waals surface area contributed by atoms with Gasteiger partial charge in [0.15, 0.2) is 5.01 Å². The third-order valence-corrected chi connectivity index (χ3v) is 3.53. The molecule has 0 bridgehead atoms. The van der Waals surface area contributed by atoms with Crippen LogP contribution >= 0.6 is 11.3 Å². The van der Waals surface area contributed by atoms with E-state index < -0.39 is 0 Å². The molecule has 0 aliphatic rings. The fourth-order valence-electron chi connectivity index (χ4n) is 1.59. The summed E-state index contributed by atoms with van der Waals surface area (Å²) >= 11 is 1.37. The third-order valence-electron chi connectivity index (χ3n) is 2.64. The molecule has 108 valence electrons. The van der Waals surface area contributed by atoms with Crippen LogP contribution in [0.5, 0.6) is 0 Å². The normalized spacial score (nSPS) is 11.9. The van der Waals surface area contributed by atoms with Gasteiger partial charge in [-0.25, -0.2) is 5.10 Å². The second kappa shape index (κ2) is 5.32. The summed E-state index contributed by atoms with van der Waals surface area (Å²) < 4.78 is 0. The molecular formula is C13H19N5OS. The second-order valence-electron chi connectivity index (χ2n) is 5.96. The first-order chi connectivity index (χ1) is 9.27. The highest BCUT2D eigenvalue weighted by Crippen LogP contribution is 2.27. The molecule has 0 amide bonds. The Bertz CT molecular complexity index is 653. The van der Waals surface area contributed by atoms with Gasteiger partial charge in [-0.1, -0.05) is 32.1 Å². The summed E-state index contributed by atoms with van der Waals surface area (Å²) in [5, 5.41) is 19.2. The van der Waals surface area contributed by atoms with Crippen LogP contribution in [0.3, 0.4) is 0 Å². The number of H-pyrrole nitrogens is 1. The maximum atomic E-state index is 11.9. The summed E-state index contributed by atoms with van der Waals surface area (Å²) in [6.45, 7) is 10.2. The molecule has 2 rings (SSSR count). The van der Waals surface area contributed by atoms with E-state index in [1.54, 1.807) is 6.07 Å². The Morgan fingerprint density at radius 3 is 2.60 bits per heavy atom. The summed E-state index contributed by atoms with van der Waals surface area (Å²) in [6, 6.07) is 2.06. The highest BCUT2D eigenvalue weighted by Gasteiger charge is 2.19. The Labute approximate surface area is 121 Å². The Morgan fingerprint density at radius 1 is 1.30 bits per heavy atom. The number of rotatable bonds is 3. The van der Waals surface area contributed by atoms with Crippen LogP contribution in [0.1, 0.15) is 40.3 Å². The van der Waals surface area contributed by atoms with Gasteiger partial charge in [0.25, 0.3) is 5.56 Å². The van der Waals surface area contributed by atoms with Crippen molar-refractivity contribution in [2.24, 2.45) is 0 Å². The van der Waals surface area contributed by atoms with Crippen molar-refractivity contribution in [1.29, 1.82) is 0 Å². The predicted molar refractivity (Wildman–Crippen MR) is 81.2 cm³/mol. The van der Waals surface area contributed by atoms with Crippen molar-refractivity contribution in [3.05, 3.63) is 22.1 Å². The maximum Gasteiger partial charge on any atom is 0.274 e. The molecule has 7 heteroatoms. The van der Waals surface area contributed by atoms with Gasteiger partial charge < -0.3 is 5.32 Å². The number of aromatic nitrogens is 4. The molecule has 6 nitrogen and oxygen atoms in total. The molecular weight excluding hydrogens is 274 g/mol. The van der Waals surface area contributed by atoms with E-state index in [0.717, 1.165) is 5.69 Å². The monoisotopic (exact) mass is 293 g/mol. The first-order valence-electron chi connectivity index (χ1n) is 6.48. The molecule has 0 aliphatic carbocycles. The first-order valence-corrected chi connectivity index (χ1v) is 7.29. The Kier molecular flexibility index (Phi) is 3.89. The van der Waals surface area contributed by atoms with Gasteiger partial charge in [0.05, 0.1) is 11.3 Å². The molecule has 0 saturated carbocycles. The largest absolute Gasteiger partial charge is 0.358 e. The van der Waals surface area contributed by atoms with E-state index in [1.807, 2.05) is 34.6 Å². The fraction of sp³-hybridized carbons (Fsp3) is 0.538. The molecule has 2 N–H and O–H groups in total. The molecule has 2 aromatic heterocycles. The summed E-state index contributed by atoms with van der Waals surface area (Å²) in [5.41, 5.74) is 0.952. The number of anilines is 1. The molecule has 0 spiro atoms. The number of hydrogen-bond donors (Lipinski definition) is 2. The standard InChI is InChI=1S/C13H19N5OS/c1-7(2)14-12-18-17-11(20-12)8-6-9(13(3,4)5)15-16-10(8)19/h6-7H,1-5H3,(H,14,18)(H,16,19). The number of aromatic amines is 1. The van der Waals surface area contributed by atoms with Crippen LogP contribution in [0.25, 0.3) is 10.6 Å². The molecule has 0 fully saturated rings. The van der Waals surface area contributed by atoms with Crippen LogP contribution < -0.4 is 10.9 Å². The zero-order valence-electron chi connectivity index (χ0n) is 12.3. The average Bonchev–Trinajstić information content (AvgIpc) is 2.75. The predicted octanol–water partition coefficient (Wildman–Crippen LogP) is 2.41. The van der Waals surface area contributed by atoms with E-state index in [0.29, 0.717) is 15.7 Å². The highest BCUT2D eigenvalue weighted by atomic mass is 32.1. The van der Waals surface area contributed by atoms with E-state index in [-0.39, 0.29) is 17.0 Å². The molecule has 0 radical (unpaired) electrons.